The average molecular weight is 516 g/mol. The summed E-state index contributed by atoms with van der Waals surface area (Å²) in [5.41, 5.74) is 2.29. The van der Waals surface area contributed by atoms with Crippen LogP contribution < -0.4 is 20.1 Å². The summed E-state index contributed by atoms with van der Waals surface area (Å²) in [6.45, 7) is 8.22. The van der Waals surface area contributed by atoms with E-state index in [9.17, 15) is 0 Å². The third-order valence-electron chi connectivity index (χ3n) is 4.35. The third-order valence-corrected chi connectivity index (χ3v) is 5.32. The average Bonchev–Trinajstić information content (AvgIpc) is 3.22. The molecule has 1 aromatic carbocycles. The summed E-state index contributed by atoms with van der Waals surface area (Å²) < 4.78 is 11.7. The highest BCUT2D eigenvalue weighted by molar-refractivity contribution is 14.0. The topological polar surface area (TPSA) is 67.8 Å². The molecular weight excluding hydrogens is 487 g/mol. The van der Waals surface area contributed by atoms with Gasteiger partial charge in [0.1, 0.15) is 17.6 Å². The van der Waals surface area contributed by atoms with Crippen LogP contribution in [0.2, 0.25) is 0 Å². The molecule has 0 bridgehead atoms. The van der Waals surface area contributed by atoms with Gasteiger partial charge in [-0.2, -0.15) is 0 Å². The Kier molecular flexibility index (Phi) is 8.81. The van der Waals surface area contributed by atoms with Crippen LogP contribution in [-0.4, -0.2) is 37.2 Å². The summed E-state index contributed by atoms with van der Waals surface area (Å²) >= 11 is 1.73. The van der Waals surface area contributed by atoms with Gasteiger partial charge < -0.3 is 20.1 Å². The fourth-order valence-corrected chi connectivity index (χ4v) is 3.90. The lowest BCUT2D eigenvalue weighted by atomic mass is 10.1. The number of rotatable bonds is 7. The van der Waals surface area contributed by atoms with E-state index in [2.05, 4.69) is 46.6 Å². The van der Waals surface area contributed by atoms with Gasteiger partial charge in [0.15, 0.2) is 5.96 Å². The SMILES string of the molecule is CCOc1cc2c(cc1CNC(=NC)NCCc1ncc(C)s1)OC(C)C2.I. The highest BCUT2D eigenvalue weighted by Crippen LogP contribution is 2.35. The zero-order valence-corrected chi connectivity index (χ0v) is 20.0. The lowest BCUT2D eigenvalue weighted by Gasteiger charge is -2.15. The molecule has 1 unspecified atom stereocenters. The molecule has 1 aromatic heterocycles. The molecular formula is C20H29IN4O2S. The van der Waals surface area contributed by atoms with Crippen molar-refractivity contribution in [3.63, 3.8) is 0 Å². The highest BCUT2D eigenvalue weighted by Gasteiger charge is 2.21. The van der Waals surface area contributed by atoms with Gasteiger partial charge in [0.25, 0.3) is 0 Å². The molecule has 3 rings (SSSR count). The number of aryl methyl sites for hydroxylation is 1. The molecule has 154 valence electrons. The molecule has 28 heavy (non-hydrogen) atoms. The number of nitrogens with one attached hydrogen (secondary N) is 2. The zero-order valence-electron chi connectivity index (χ0n) is 16.9. The molecule has 0 amide bonds. The van der Waals surface area contributed by atoms with Crippen LogP contribution in [0.25, 0.3) is 0 Å². The minimum absolute atomic E-state index is 0. The number of halogens is 1. The van der Waals surface area contributed by atoms with Gasteiger partial charge in [0, 0.05) is 55.2 Å². The van der Waals surface area contributed by atoms with Crippen LogP contribution in [0.5, 0.6) is 11.5 Å². The fourth-order valence-electron chi connectivity index (χ4n) is 3.11. The summed E-state index contributed by atoms with van der Waals surface area (Å²) in [5, 5.41) is 7.84. The molecule has 0 saturated heterocycles. The van der Waals surface area contributed by atoms with E-state index in [0.717, 1.165) is 47.4 Å². The van der Waals surface area contributed by atoms with Crippen LogP contribution in [0.3, 0.4) is 0 Å². The number of fused-ring (bicyclic) bond motifs is 1. The zero-order chi connectivity index (χ0) is 19.2. The first kappa shape index (κ1) is 22.7. The van der Waals surface area contributed by atoms with E-state index in [1.807, 2.05) is 13.1 Å². The summed E-state index contributed by atoms with van der Waals surface area (Å²) in [5.74, 6) is 2.64. The number of ether oxygens (including phenoxy) is 2. The van der Waals surface area contributed by atoms with Crippen molar-refractivity contribution in [2.45, 2.75) is 46.3 Å². The van der Waals surface area contributed by atoms with Gasteiger partial charge in [-0.25, -0.2) is 4.98 Å². The van der Waals surface area contributed by atoms with Crippen LogP contribution >= 0.6 is 35.3 Å². The number of thiazole rings is 1. The number of hydrogen-bond donors (Lipinski definition) is 2. The van der Waals surface area contributed by atoms with Crippen molar-refractivity contribution in [1.29, 1.82) is 0 Å². The maximum atomic E-state index is 5.89. The minimum atomic E-state index is 0. The molecule has 2 N–H and O–H groups in total. The molecule has 1 atom stereocenters. The first-order valence-corrected chi connectivity index (χ1v) is 10.2. The minimum Gasteiger partial charge on any atom is -0.494 e. The first-order valence-electron chi connectivity index (χ1n) is 9.40. The van der Waals surface area contributed by atoms with Gasteiger partial charge in [0.05, 0.1) is 11.6 Å². The second-order valence-electron chi connectivity index (χ2n) is 6.60. The molecule has 2 heterocycles. The maximum absolute atomic E-state index is 5.89. The Labute approximate surface area is 188 Å². The molecule has 0 fully saturated rings. The maximum Gasteiger partial charge on any atom is 0.191 e. The fraction of sp³-hybridized carbons (Fsp3) is 0.500. The Hall–Kier alpha value is -1.55. The Bertz CT molecular complexity index is 809. The van der Waals surface area contributed by atoms with Crippen molar-refractivity contribution in [3.05, 3.63) is 39.3 Å². The van der Waals surface area contributed by atoms with Gasteiger partial charge in [-0.15, -0.1) is 35.3 Å². The molecule has 0 spiro atoms. The second-order valence-corrected chi connectivity index (χ2v) is 7.92. The third kappa shape index (κ3) is 5.97. The van der Waals surface area contributed by atoms with Crippen molar-refractivity contribution in [1.82, 2.24) is 15.6 Å². The van der Waals surface area contributed by atoms with Gasteiger partial charge in [0.2, 0.25) is 0 Å². The van der Waals surface area contributed by atoms with Crippen LogP contribution in [0, 0.1) is 6.92 Å². The van der Waals surface area contributed by atoms with Crippen molar-refractivity contribution in [2.75, 3.05) is 20.2 Å². The molecule has 0 aliphatic carbocycles. The van der Waals surface area contributed by atoms with Gasteiger partial charge in [-0.1, -0.05) is 0 Å². The van der Waals surface area contributed by atoms with Gasteiger partial charge in [-0.3, -0.25) is 4.99 Å². The van der Waals surface area contributed by atoms with Gasteiger partial charge in [-0.05, 0) is 32.9 Å². The summed E-state index contributed by atoms with van der Waals surface area (Å²) in [7, 11) is 1.78. The first-order chi connectivity index (χ1) is 13.1. The molecule has 8 heteroatoms. The number of hydrogen-bond acceptors (Lipinski definition) is 5. The van der Waals surface area contributed by atoms with Crippen molar-refractivity contribution in [3.8, 4) is 11.5 Å². The normalized spacial score (nSPS) is 15.4. The lowest BCUT2D eigenvalue weighted by Crippen LogP contribution is -2.37. The van der Waals surface area contributed by atoms with Crippen LogP contribution in [0.15, 0.2) is 23.3 Å². The Morgan fingerprint density at radius 2 is 2.21 bits per heavy atom. The Balaban J connectivity index is 0.00000280. The van der Waals surface area contributed by atoms with Crippen LogP contribution in [0.1, 0.15) is 34.9 Å². The number of benzene rings is 1. The standard InChI is InChI=1S/C20H28N4O2S.HI/c1-5-25-17-9-15-8-13(2)26-18(15)10-16(17)12-24-20(21-4)22-7-6-19-23-11-14(3)27-19;/h9-11,13H,5-8,12H2,1-4H3,(H2,21,22,24);1H. The summed E-state index contributed by atoms with van der Waals surface area (Å²) in [4.78, 5) is 9.94. The largest absolute Gasteiger partial charge is 0.494 e. The summed E-state index contributed by atoms with van der Waals surface area (Å²) in [6, 6.07) is 4.20. The number of guanidine groups is 1. The molecule has 1 aliphatic heterocycles. The molecule has 6 nitrogen and oxygen atoms in total. The van der Waals surface area contributed by atoms with E-state index in [-0.39, 0.29) is 30.1 Å². The van der Waals surface area contributed by atoms with Gasteiger partial charge >= 0.3 is 0 Å². The number of nitrogens with zero attached hydrogens (tertiary/aromatic N) is 2. The van der Waals surface area contributed by atoms with E-state index in [1.165, 1.54) is 10.4 Å². The molecule has 1 aliphatic rings. The van der Waals surface area contributed by atoms with E-state index < -0.39 is 0 Å². The predicted octanol–water partition coefficient (Wildman–Crippen LogP) is 3.70. The number of aliphatic imine (C=N–C) groups is 1. The quantitative estimate of drug-likeness (QED) is 0.334. The molecule has 0 saturated carbocycles. The van der Waals surface area contributed by atoms with Crippen LogP contribution in [0.4, 0.5) is 0 Å². The van der Waals surface area contributed by atoms with E-state index >= 15 is 0 Å². The summed E-state index contributed by atoms with van der Waals surface area (Å²) in [6.07, 6.45) is 3.96. The smallest absolute Gasteiger partial charge is 0.191 e. The van der Waals surface area contributed by atoms with E-state index in [1.54, 1.807) is 18.4 Å². The second kappa shape index (κ2) is 10.8. The van der Waals surface area contributed by atoms with Crippen molar-refractivity contribution < 1.29 is 9.47 Å². The lowest BCUT2D eigenvalue weighted by molar-refractivity contribution is 0.254. The van der Waals surface area contributed by atoms with Crippen LogP contribution in [-0.2, 0) is 19.4 Å². The Morgan fingerprint density at radius 1 is 1.39 bits per heavy atom. The Morgan fingerprint density at radius 3 is 2.89 bits per heavy atom. The van der Waals surface area contributed by atoms with E-state index in [4.69, 9.17) is 9.47 Å². The molecule has 0 radical (unpaired) electrons. The van der Waals surface area contributed by atoms with Crippen molar-refractivity contribution in [2.24, 2.45) is 4.99 Å². The highest BCUT2D eigenvalue weighted by atomic mass is 127. The monoisotopic (exact) mass is 516 g/mol. The molecule has 2 aromatic rings. The predicted molar refractivity (Wildman–Crippen MR) is 126 cm³/mol. The van der Waals surface area contributed by atoms with Crippen molar-refractivity contribution >= 4 is 41.3 Å². The number of aromatic nitrogens is 1. The van der Waals surface area contributed by atoms with E-state index in [0.29, 0.717) is 13.2 Å².